The maximum Gasteiger partial charge on any atom is 0.271 e. The molecule has 3 N–H and O–H groups in total. The van der Waals surface area contributed by atoms with Crippen molar-refractivity contribution < 1.29 is 4.79 Å². The van der Waals surface area contributed by atoms with Gasteiger partial charge in [-0.15, -0.1) is 11.3 Å². The van der Waals surface area contributed by atoms with Gasteiger partial charge in [-0.3, -0.25) is 4.79 Å². The number of amides is 1. The molecule has 2 rings (SSSR count). The van der Waals surface area contributed by atoms with Gasteiger partial charge in [0.1, 0.15) is 5.69 Å². The molecule has 0 saturated carbocycles. The summed E-state index contributed by atoms with van der Waals surface area (Å²) in [5, 5.41) is 4.99. The van der Waals surface area contributed by atoms with Crippen molar-refractivity contribution in [3.8, 4) is 0 Å². The number of aromatic nitrogens is 2. The van der Waals surface area contributed by atoms with Crippen LogP contribution in [0.5, 0.6) is 0 Å². The number of nitrogens with zero attached hydrogens (tertiary/aromatic N) is 2. The summed E-state index contributed by atoms with van der Waals surface area (Å²) in [6, 6.07) is 4.18. The SMILES string of the molecule is CC(Cc1cccs1)NC(=O)c1cn(CCN)cn1. The van der Waals surface area contributed by atoms with Crippen molar-refractivity contribution in [3.63, 3.8) is 0 Å². The molecule has 0 spiro atoms. The quantitative estimate of drug-likeness (QED) is 0.835. The van der Waals surface area contributed by atoms with Gasteiger partial charge in [-0.25, -0.2) is 4.98 Å². The second kappa shape index (κ2) is 6.49. The molecule has 1 atom stereocenters. The fourth-order valence-corrected chi connectivity index (χ4v) is 2.66. The Kier molecular flexibility index (Phi) is 4.70. The monoisotopic (exact) mass is 278 g/mol. The van der Waals surface area contributed by atoms with E-state index in [1.165, 1.54) is 4.88 Å². The van der Waals surface area contributed by atoms with Gasteiger partial charge in [0.25, 0.3) is 5.91 Å². The van der Waals surface area contributed by atoms with E-state index in [9.17, 15) is 4.79 Å². The number of rotatable bonds is 6. The number of hydrogen-bond donors (Lipinski definition) is 2. The van der Waals surface area contributed by atoms with E-state index in [1.807, 2.05) is 22.9 Å². The summed E-state index contributed by atoms with van der Waals surface area (Å²) in [5.74, 6) is -0.139. The predicted octanol–water partition coefficient (Wildman–Crippen LogP) is 1.26. The molecule has 0 aromatic carbocycles. The molecule has 0 aliphatic carbocycles. The molecule has 0 radical (unpaired) electrons. The summed E-state index contributed by atoms with van der Waals surface area (Å²) in [6.07, 6.45) is 4.19. The lowest BCUT2D eigenvalue weighted by Crippen LogP contribution is -2.34. The van der Waals surface area contributed by atoms with Crippen LogP contribution in [0.4, 0.5) is 0 Å². The number of nitrogens with two attached hydrogens (primary N) is 1. The Bertz CT molecular complexity index is 520. The molecule has 2 heterocycles. The molecule has 19 heavy (non-hydrogen) atoms. The zero-order valence-electron chi connectivity index (χ0n) is 10.9. The molecule has 1 amide bonds. The standard InChI is InChI=1S/C13H18N4OS/c1-10(7-11-3-2-6-19-11)16-13(18)12-8-17(5-4-14)9-15-12/h2-3,6,8-10H,4-5,7,14H2,1H3,(H,16,18). The van der Waals surface area contributed by atoms with Gasteiger partial charge in [0, 0.05) is 36.6 Å². The van der Waals surface area contributed by atoms with Crippen LogP contribution in [-0.4, -0.2) is 28.0 Å². The molecule has 0 fully saturated rings. The molecular formula is C13H18N4OS. The Labute approximate surface area is 116 Å². The van der Waals surface area contributed by atoms with E-state index < -0.39 is 0 Å². The second-order valence-corrected chi connectivity index (χ2v) is 5.48. The van der Waals surface area contributed by atoms with Crippen molar-refractivity contribution in [2.75, 3.05) is 6.54 Å². The molecular weight excluding hydrogens is 260 g/mol. The summed E-state index contributed by atoms with van der Waals surface area (Å²) < 4.78 is 1.82. The van der Waals surface area contributed by atoms with E-state index in [-0.39, 0.29) is 11.9 Å². The topological polar surface area (TPSA) is 72.9 Å². The van der Waals surface area contributed by atoms with Gasteiger partial charge in [0.2, 0.25) is 0 Å². The van der Waals surface area contributed by atoms with Crippen LogP contribution < -0.4 is 11.1 Å². The molecule has 2 aromatic heterocycles. The molecule has 5 nitrogen and oxygen atoms in total. The van der Waals surface area contributed by atoms with E-state index in [0.717, 1.165) is 6.42 Å². The van der Waals surface area contributed by atoms with Gasteiger partial charge in [-0.05, 0) is 18.4 Å². The fourth-order valence-electron chi connectivity index (χ4n) is 1.83. The minimum absolute atomic E-state index is 0.0887. The van der Waals surface area contributed by atoms with Crippen LogP contribution >= 0.6 is 11.3 Å². The van der Waals surface area contributed by atoms with Crippen LogP contribution in [0.2, 0.25) is 0 Å². The maximum atomic E-state index is 12.0. The third kappa shape index (κ3) is 3.90. The van der Waals surface area contributed by atoms with E-state index >= 15 is 0 Å². The van der Waals surface area contributed by atoms with Crippen molar-refractivity contribution in [2.45, 2.75) is 25.9 Å². The van der Waals surface area contributed by atoms with Gasteiger partial charge >= 0.3 is 0 Å². The van der Waals surface area contributed by atoms with Gasteiger partial charge in [0.05, 0.1) is 6.33 Å². The molecule has 2 aromatic rings. The lowest BCUT2D eigenvalue weighted by molar-refractivity contribution is 0.0935. The number of hydrogen-bond acceptors (Lipinski definition) is 4. The minimum atomic E-state index is -0.139. The zero-order valence-corrected chi connectivity index (χ0v) is 11.7. The Balaban J connectivity index is 1.88. The summed E-state index contributed by atoms with van der Waals surface area (Å²) in [7, 11) is 0. The first kappa shape index (κ1) is 13.8. The highest BCUT2D eigenvalue weighted by molar-refractivity contribution is 7.09. The van der Waals surface area contributed by atoms with Gasteiger partial charge < -0.3 is 15.6 Å². The van der Waals surface area contributed by atoms with Crippen LogP contribution in [0.3, 0.4) is 0 Å². The highest BCUT2D eigenvalue weighted by atomic mass is 32.1. The molecule has 0 aliphatic heterocycles. The Morgan fingerprint density at radius 2 is 2.47 bits per heavy atom. The first-order chi connectivity index (χ1) is 9.19. The first-order valence-electron chi connectivity index (χ1n) is 6.24. The van der Waals surface area contributed by atoms with Crippen LogP contribution in [0.15, 0.2) is 30.0 Å². The minimum Gasteiger partial charge on any atom is -0.348 e. The number of nitrogens with one attached hydrogen (secondary N) is 1. The first-order valence-corrected chi connectivity index (χ1v) is 7.12. The molecule has 0 aliphatic rings. The lowest BCUT2D eigenvalue weighted by atomic mass is 10.2. The zero-order chi connectivity index (χ0) is 13.7. The normalized spacial score (nSPS) is 12.3. The smallest absolute Gasteiger partial charge is 0.271 e. The predicted molar refractivity (Wildman–Crippen MR) is 76.2 cm³/mol. The maximum absolute atomic E-state index is 12.0. The van der Waals surface area contributed by atoms with Crippen molar-refractivity contribution in [1.82, 2.24) is 14.9 Å². The molecule has 0 bridgehead atoms. The third-order valence-corrected chi connectivity index (χ3v) is 3.62. The second-order valence-electron chi connectivity index (χ2n) is 4.44. The van der Waals surface area contributed by atoms with E-state index in [0.29, 0.717) is 18.8 Å². The molecule has 6 heteroatoms. The van der Waals surface area contributed by atoms with Crippen molar-refractivity contribution in [2.24, 2.45) is 5.73 Å². The highest BCUT2D eigenvalue weighted by Gasteiger charge is 2.13. The van der Waals surface area contributed by atoms with Crippen molar-refractivity contribution >= 4 is 17.2 Å². The van der Waals surface area contributed by atoms with Gasteiger partial charge in [0.15, 0.2) is 0 Å². The Hall–Kier alpha value is -1.66. The number of carbonyl (C=O) groups excluding carboxylic acids is 1. The highest BCUT2D eigenvalue weighted by Crippen LogP contribution is 2.11. The summed E-state index contributed by atoms with van der Waals surface area (Å²) in [6.45, 7) is 3.20. The largest absolute Gasteiger partial charge is 0.348 e. The van der Waals surface area contributed by atoms with E-state index in [2.05, 4.69) is 16.4 Å². The van der Waals surface area contributed by atoms with E-state index in [1.54, 1.807) is 23.9 Å². The summed E-state index contributed by atoms with van der Waals surface area (Å²) in [4.78, 5) is 17.3. The average Bonchev–Trinajstić information content (AvgIpc) is 3.00. The molecule has 0 saturated heterocycles. The number of carbonyl (C=O) groups is 1. The van der Waals surface area contributed by atoms with Gasteiger partial charge in [-0.2, -0.15) is 0 Å². The number of imidazole rings is 1. The molecule has 102 valence electrons. The average molecular weight is 278 g/mol. The molecule has 1 unspecified atom stereocenters. The third-order valence-electron chi connectivity index (χ3n) is 2.72. The summed E-state index contributed by atoms with van der Waals surface area (Å²) in [5.41, 5.74) is 5.89. The van der Waals surface area contributed by atoms with Crippen molar-refractivity contribution in [3.05, 3.63) is 40.6 Å². The summed E-state index contributed by atoms with van der Waals surface area (Å²) >= 11 is 1.70. The van der Waals surface area contributed by atoms with Gasteiger partial charge in [-0.1, -0.05) is 6.07 Å². The van der Waals surface area contributed by atoms with Crippen LogP contribution in [0.25, 0.3) is 0 Å². The van der Waals surface area contributed by atoms with Crippen LogP contribution in [-0.2, 0) is 13.0 Å². The van der Waals surface area contributed by atoms with Crippen molar-refractivity contribution in [1.29, 1.82) is 0 Å². The Morgan fingerprint density at radius 3 is 3.16 bits per heavy atom. The van der Waals surface area contributed by atoms with Crippen LogP contribution in [0, 0.1) is 0 Å². The number of thiophene rings is 1. The lowest BCUT2D eigenvalue weighted by Gasteiger charge is -2.11. The van der Waals surface area contributed by atoms with Crippen LogP contribution in [0.1, 0.15) is 22.3 Å². The Morgan fingerprint density at radius 1 is 1.63 bits per heavy atom. The fraction of sp³-hybridized carbons (Fsp3) is 0.385. The van der Waals surface area contributed by atoms with E-state index in [4.69, 9.17) is 5.73 Å².